The minimum atomic E-state index is -2.19. The minimum absolute atomic E-state index is 0.144. The van der Waals surface area contributed by atoms with E-state index >= 15 is 0 Å². The number of ether oxygens (including phenoxy) is 1. The molecule has 0 N–H and O–H groups in total. The van der Waals surface area contributed by atoms with Gasteiger partial charge in [-0.3, -0.25) is 0 Å². The number of rotatable bonds is 5. The van der Waals surface area contributed by atoms with Crippen molar-refractivity contribution in [3.8, 4) is 0 Å². The van der Waals surface area contributed by atoms with E-state index in [9.17, 15) is 0 Å². The monoisotopic (exact) mass is 498 g/mol. The van der Waals surface area contributed by atoms with Gasteiger partial charge in [-0.15, -0.1) is 0 Å². The van der Waals surface area contributed by atoms with E-state index in [1.54, 1.807) is 7.11 Å². The summed E-state index contributed by atoms with van der Waals surface area (Å²) in [6.45, 7) is 2.09. The first-order valence-corrected chi connectivity index (χ1v) is 13.0. The van der Waals surface area contributed by atoms with Crippen LogP contribution in [0, 0.1) is 0 Å². The zero-order chi connectivity index (χ0) is 16.1. The van der Waals surface area contributed by atoms with Gasteiger partial charge in [-0.05, 0) is 0 Å². The maximum atomic E-state index is 5.42. The van der Waals surface area contributed by atoms with E-state index in [0.717, 1.165) is 0 Å². The molecule has 0 radical (unpaired) electrons. The van der Waals surface area contributed by atoms with Crippen LogP contribution in [0.25, 0.3) is 0 Å². The normalized spacial score (nSPS) is 12.3. The molecule has 23 heavy (non-hydrogen) atoms. The number of methoxy groups -OCH3 is 1. The van der Waals surface area contributed by atoms with E-state index in [2.05, 4.69) is 91.9 Å². The molecule has 0 amide bonds. The van der Waals surface area contributed by atoms with Gasteiger partial charge in [-0.1, -0.05) is 0 Å². The van der Waals surface area contributed by atoms with Crippen LogP contribution in [0.4, 0.5) is 0 Å². The molecule has 116 valence electrons. The Bertz CT molecular complexity index is 683. The molecule has 2 heteroatoms. The van der Waals surface area contributed by atoms with Crippen LogP contribution in [0.15, 0.2) is 84.9 Å². The van der Waals surface area contributed by atoms with Crippen molar-refractivity contribution < 1.29 is 4.74 Å². The molecule has 0 aliphatic carbocycles. The molecule has 1 unspecified atom stereocenters. The van der Waals surface area contributed by atoms with Crippen molar-refractivity contribution in [1.82, 2.24) is 0 Å². The van der Waals surface area contributed by atoms with Gasteiger partial charge in [0.1, 0.15) is 0 Å². The van der Waals surface area contributed by atoms with Gasteiger partial charge in [-0.25, -0.2) is 0 Å². The van der Waals surface area contributed by atoms with Gasteiger partial charge >= 0.3 is 147 Å². The zero-order valence-electron chi connectivity index (χ0n) is 13.5. The number of hydrogen-bond acceptors (Lipinski definition) is 1. The third-order valence-corrected chi connectivity index (χ3v) is 13.5. The SMILES string of the molecule is COC(C)c1cc[c]([Bi]([c]2ccccc2)[c]2ccccc2)cc1. The molecule has 3 aromatic carbocycles. The Kier molecular flexibility index (Phi) is 5.59. The molecule has 3 rings (SSSR count). The summed E-state index contributed by atoms with van der Waals surface area (Å²) in [6, 6.07) is 31.0. The summed E-state index contributed by atoms with van der Waals surface area (Å²) in [6.07, 6.45) is 0.144. The van der Waals surface area contributed by atoms with Crippen LogP contribution < -0.4 is 9.81 Å². The van der Waals surface area contributed by atoms with Crippen molar-refractivity contribution in [1.29, 1.82) is 0 Å². The fraction of sp³-hybridized carbons (Fsp3) is 0.143. The first-order chi connectivity index (χ1) is 11.3. The fourth-order valence-corrected chi connectivity index (χ4v) is 11.5. The van der Waals surface area contributed by atoms with E-state index in [1.165, 1.54) is 15.4 Å². The summed E-state index contributed by atoms with van der Waals surface area (Å²) in [5.41, 5.74) is 1.24. The second kappa shape index (κ2) is 7.86. The van der Waals surface area contributed by atoms with Crippen molar-refractivity contribution in [3.63, 3.8) is 0 Å². The predicted octanol–water partition coefficient (Wildman–Crippen LogP) is 2.91. The van der Waals surface area contributed by atoms with E-state index in [4.69, 9.17) is 4.74 Å². The second-order valence-electron chi connectivity index (χ2n) is 5.48. The molecule has 0 heterocycles. The molecule has 3 aromatic rings. The molecule has 0 aliphatic rings. The molecule has 0 bridgehead atoms. The van der Waals surface area contributed by atoms with Gasteiger partial charge in [-0.2, -0.15) is 0 Å². The Balaban J connectivity index is 2.02. The molecule has 0 fully saturated rings. The quantitative estimate of drug-likeness (QED) is 0.492. The van der Waals surface area contributed by atoms with E-state index in [1.807, 2.05) is 0 Å². The van der Waals surface area contributed by atoms with Crippen molar-refractivity contribution in [2.45, 2.75) is 13.0 Å². The number of benzene rings is 3. The van der Waals surface area contributed by atoms with Crippen LogP contribution in [0.2, 0.25) is 0 Å². The molecule has 1 atom stereocenters. The Morgan fingerprint density at radius 2 is 1.09 bits per heavy atom. The molecule has 1 nitrogen and oxygen atoms in total. The van der Waals surface area contributed by atoms with E-state index in [0.29, 0.717) is 0 Å². The van der Waals surface area contributed by atoms with Crippen molar-refractivity contribution >= 4 is 31.6 Å². The average molecular weight is 498 g/mol. The molecule has 0 aromatic heterocycles. The molecular weight excluding hydrogens is 477 g/mol. The van der Waals surface area contributed by atoms with Crippen LogP contribution in [0.1, 0.15) is 18.6 Å². The van der Waals surface area contributed by atoms with Crippen molar-refractivity contribution in [2.75, 3.05) is 7.11 Å². The molecule has 0 aliphatic heterocycles. The van der Waals surface area contributed by atoms with Crippen LogP contribution in [-0.4, -0.2) is 28.9 Å². The summed E-state index contributed by atoms with van der Waals surface area (Å²) in [5.74, 6) is 0. The molecule has 0 spiro atoms. The van der Waals surface area contributed by atoms with Gasteiger partial charge in [0.2, 0.25) is 0 Å². The Hall–Kier alpha value is -1.50. The van der Waals surface area contributed by atoms with E-state index < -0.39 is 21.8 Å². The first-order valence-electron chi connectivity index (χ1n) is 7.82. The Labute approximate surface area is 146 Å². The predicted molar refractivity (Wildman–Crippen MR) is 99.4 cm³/mol. The first kappa shape index (κ1) is 16.4. The molecule has 0 saturated heterocycles. The Morgan fingerprint density at radius 1 is 0.652 bits per heavy atom. The number of hydrogen-bond donors (Lipinski definition) is 0. The van der Waals surface area contributed by atoms with Gasteiger partial charge in [0.25, 0.3) is 0 Å². The Morgan fingerprint density at radius 3 is 1.52 bits per heavy atom. The summed E-state index contributed by atoms with van der Waals surface area (Å²) in [4.78, 5) is 0. The van der Waals surface area contributed by atoms with Crippen LogP contribution >= 0.6 is 0 Å². The summed E-state index contributed by atoms with van der Waals surface area (Å²) < 4.78 is 9.96. The van der Waals surface area contributed by atoms with Gasteiger partial charge in [0.05, 0.1) is 0 Å². The third kappa shape index (κ3) is 3.89. The van der Waals surface area contributed by atoms with Crippen LogP contribution in [0.3, 0.4) is 0 Å². The summed E-state index contributed by atoms with van der Waals surface area (Å²) in [5, 5.41) is 0. The van der Waals surface area contributed by atoms with Crippen LogP contribution in [0.5, 0.6) is 0 Å². The van der Waals surface area contributed by atoms with Crippen molar-refractivity contribution in [2.24, 2.45) is 0 Å². The van der Waals surface area contributed by atoms with Gasteiger partial charge < -0.3 is 0 Å². The summed E-state index contributed by atoms with van der Waals surface area (Å²) in [7, 11) is 1.76. The van der Waals surface area contributed by atoms with Crippen molar-refractivity contribution in [3.05, 3.63) is 90.5 Å². The van der Waals surface area contributed by atoms with Gasteiger partial charge in [0, 0.05) is 0 Å². The third-order valence-electron chi connectivity index (χ3n) is 4.00. The molecule has 0 saturated carbocycles. The summed E-state index contributed by atoms with van der Waals surface area (Å²) >= 11 is -2.19. The second-order valence-corrected chi connectivity index (χ2v) is 14.1. The fourth-order valence-electron chi connectivity index (χ4n) is 2.63. The average Bonchev–Trinajstić information content (AvgIpc) is 2.64. The zero-order valence-corrected chi connectivity index (χ0v) is 17.0. The van der Waals surface area contributed by atoms with E-state index in [-0.39, 0.29) is 6.10 Å². The maximum absolute atomic E-state index is 5.42. The topological polar surface area (TPSA) is 9.23 Å². The standard InChI is InChI=1S/C9H11O.2C6H5.Bi/c1-8(10-2)9-6-4-3-5-7-9;2*1-2-4-6-5-3-1;/h4-8H,1-2H3;2*1-5H;. The molecular formula is C21H21BiO. The van der Waals surface area contributed by atoms with Gasteiger partial charge in [0.15, 0.2) is 0 Å². The van der Waals surface area contributed by atoms with Crippen LogP contribution in [-0.2, 0) is 4.74 Å².